The maximum absolute atomic E-state index is 12.7. The highest BCUT2D eigenvalue weighted by Crippen LogP contribution is 2.14. The molecule has 0 unspecified atom stereocenters. The zero-order valence-corrected chi connectivity index (χ0v) is 15.1. The molecule has 0 aliphatic rings. The van der Waals surface area contributed by atoms with Gasteiger partial charge in [-0.15, -0.1) is 0 Å². The number of nitrogens with one attached hydrogen (secondary N) is 1. The molecule has 2 aromatic heterocycles. The van der Waals surface area contributed by atoms with Crippen molar-refractivity contribution in [2.24, 2.45) is 0 Å². The Hall–Kier alpha value is -3.15. The van der Waals surface area contributed by atoms with Crippen molar-refractivity contribution in [3.8, 4) is 5.75 Å². The lowest BCUT2D eigenvalue weighted by Crippen LogP contribution is -2.25. The fraction of sp³-hybridized carbons (Fsp3) is 0.250. The van der Waals surface area contributed by atoms with Crippen LogP contribution in [0.25, 0.3) is 5.65 Å². The Morgan fingerprint density at radius 2 is 1.92 bits per heavy atom. The third-order valence-electron chi connectivity index (χ3n) is 4.29. The minimum absolute atomic E-state index is 0.213. The molecule has 0 atom stereocenters. The molecular formula is C20H21N3O3. The second kappa shape index (κ2) is 7.39. The molecule has 0 bridgehead atoms. The van der Waals surface area contributed by atoms with Crippen LogP contribution in [0.15, 0.2) is 47.4 Å². The predicted molar refractivity (Wildman–Crippen MR) is 101 cm³/mol. The van der Waals surface area contributed by atoms with Crippen molar-refractivity contribution in [1.82, 2.24) is 9.38 Å². The molecule has 26 heavy (non-hydrogen) atoms. The Balaban J connectivity index is 1.75. The summed E-state index contributed by atoms with van der Waals surface area (Å²) in [5.74, 6) is 0.565. The molecule has 0 saturated carbocycles. The van der Waals surface area contributed by atoms with E-state index in [-0.39, 0.29) is 23.6 Å². The second-order valence-electron chi connectivity index (χ2n) is 6.16. The number of aromatic nitrogens is 2. The fourth-order valence-corrected chi connectivity index (χ4v) is 2.80. The maximum Gasteiger partial charge on any atom is 0.281 e. The smallest absolute Gasteiger partial charge is 0.281 e. The maximum atomic E-state index is 12.7. The van der Waals surface area contributed by atoms with Crippen LogP contribution in [0.3, 0.4) is 0 Å². The number of hydrogen-bond donors (Lipinski definition) is 1. The third kappa shape index (κ3) is 3.59. The summed E-state index contributed by atoms with van der Waals surface area (Å²) in [6, 6.07) is 11.3. The number of rotatable bonds is 5. The van der Waals surface area contributed by atoms with Crippen LogP contribution in [-0.4, -0.2) is 22.4 Å². The predicted octanol–water partition coefficient (Wildman–Crippen LogP) is 2.89. The van der Waals surface area contributed by atoms with Crippen LogP contribution in [0, 0.1) is 13.8 Å². The molecule has 0 aliphatic carbocycles. The summed E-state index contributed by atoms with van der Waals surface area (Å²) in [5.41, 5.74) is 3.02. The molecule has 6 heteroatoms. The Kier molecular flexibility index (Phi) is 5.02. The number of aryl methyl sites for hydroxylation is 3. The first-order chi connectivity index (χ1) is 12.5. The Bertz CT molecular complexity index is 1010. The minimum Gasteiger partial charge on any atom is -0.497 e. The zero-order chi connectivity index (χ0) is 18.7. The highest BCUT2D eigenvalue weighted by molar-refractivity contribution is 5.91. The summed E-state index contributed by atoms with van der Waals surface area (Å²) in [5, 5.41) is 2.72. The molecule has 1 aromatic carbocycles. The van der Waals surface area contributed by atoms with Gasteiger partial charge < -0.3 is 10.1 Å². The monoisotopic (exact) mass is 351 g/mol. The number of methoxy groups -OCH3 is 1. The highest BCUT2D eigenvalue weighted by Gasteiger charge is 2.13. The van der Waals surface area contributed by atoms with Crippen LogP contribution in [-0.2, 0) is 11.2 Å². The molecule has 3 rings (SSSR count). The molecule has 1 amide bonds. The van der Waals surface area contributed by atoms with Gasteiger partial charge in [-0.05, 0) is 49.6 Å². The average Bonchev–Trinajstić information content (AvgIpc) is 2.65. The molecule has 0 aliphatic heterocycles. The van der Waals surface area contributed by atoms with E-state index in [2.05, 4.69) is 10.3 Å². The van der Waals surface area contributed by atoms with Gasteiger partial charge in [0.05, 0.1) is 12.8 Å². The van der Waals surface area contributed by atoms with Gasteiger partial charge in [-0.2, -0.15) is 0 Å². The number of hydrogen-bond acceptors (Lipinski definition) is 4. The first-order valence-electron chi connectivity index (χ1n) is 8.41. The summed E-state index contributed by atoms with van der Waals surface area (Å²) in [4.78, 5) is 29.4. The van der Waals surface area contributed by atoms with E-state index in [4.69, 9.17) is 4.74 Å². The van der Waals surface area contributed by atoms with Crippen molar-refractivity contribution in [2.75, 3.05) is 12.4 Å². The SMILES string of the molecule is COc1ccc(CCC(=O)Nc2c(C)nc3c(C)cccn3c2=O)cc1. The second-order valence-corrected chi connectivity index (χ2v) is 6.16. The molecule has 0 radical (unpaired) electrons. The molecular weight excluding hydrogens is 330 g/mol. The summed E-state index contributed by atoms with van der Waals surface area (Å²) in [6.45, 7) is 3.63. The summed E-state index contributed by atoms with van der Waals surface area (Å²) >= 11 is 0. The van der Waals surface area contributed by atoms with Gasteiger partial charge >= 0.3 is 0 Å². The molecule has 6 nitrogen and oxygen atoms in total. The summed E-state index contributed by atoms with van der Waals surface area (Å²) in [7, 11) is 1.61. The van der Waals surface area contributed by atoms with Gasteiger partial charge in [-0.25, -0.2) is 4.98 Å². The Morgan fingerprint density at radius 1 is 1.19 bits per heavy atom. The lowest BCUT2D eigenvalue weighted by Gasteiger charge is -2.11. The topological polar surface area (TPSA) is 72.7 Å². The normalized spacial score (nSPS) is 10.7. The van der Waals surface area contributed by atoms with Gasteiger partial charge in [0, 0.05) is 12.6 Å². The summed E-state index contributed by atoms with van der Waals surface area (Å²) in [6.07, 6.45) is 2.52. The van der Waals surface area contributed by atoms with Crippen LogP contribution >= 0.6 is 0 Å². The van der Waals surface area contributed by atoms with E-state index in [1.54, 1.807) is 26.3 Å². The van der Waals surface area contributed by atoms with Gasteiger partial charge in [0.25, 0.3) is 5.56 Å². The standard InChI is InChI=1S/C20H21N3O3/c1-13-5-4-12-23-19(13)21-14(2)18(20(23)25)22-17(24)11-8-15-6-9-16(26-3)10-7-15/h4-7,9-10,12H,8,11H2,1-3H3,(H,22,24). The number of pyridine rings is 1. The van der Waals surface area contributed by atoms with E-state index in [0.717, 1.165) is 16.9 Å². The number of carbonyl (C=O) groups excluding carboxylic acids is 1. The molecule has 134 valence electrons. The van der Waals surface area contributed by atoms with Crippen LogP contribution in [0.4, 0.5) is 5.69 Å². The molecule has 3 aromatic rings. The number of fused-ring (bicyclic) bond motifs is 1. The van der Waals surface area contributed by atoms with E-state index in [0.29, 0.717) is 17.8 Å². The molecule has 2 heterocycles. The van der Waals surface area contributed by atoms with Crippen LogP contribution in [0.5, 0.6) is 5.75 Å². The largest absolute Gasteiger partial charge is 0.497 e. The van der Waals surface area contributed by atoms with Gasteiger partial charge in [-0.3, -0.25) is 14.0 Å². The first kappa shape index (κ1) is 17.7. The highest BCUT2D eigenvalue weighted by atomic mass is 16.5. The third-order valence-corrected chi connectivity index (χ3v) is 4.29. The Labute approximate surface area is 151 Å². The lowest BCUT2D eigenvalue weighted by molar-refractivity contribution is -0.116. The zero-order valence-electron chi connectivity index (χ0n) is 15.1. The van der Waals surface area contributed by atoms with Crippen LogP contribution < -0.4 is 15.6 Å². The number of amides is 1. The van der Waals surface area contributed by atoms with Crippen molar-refractivity contribution in [2.45, 2.75) is 26.7 Å². The first-order valence-corrected chi connectivity index (χ1v) is 8.41. The van der Waals surface area contributed by atoms with Crippen molar-refractivity contribution in [3.63, 3.8) is 0 Å². The van der Waals surface area contributed by atoms with Crippen molar-refractivity contribution in [1.29, 1.82) is 0 Å². The molecule has 0 fully saturated rings. The lowest BCUT2D eigenvalue weighted by atomic mass is 10.1. The number of nitrogens with zero attached hydrogens (tertiary/aromatic N) is 2. The molecule has 0 spiro atoms. The van der Waals surface area contributed by atoms with Crippen molar-refractivity contribution >= 4 is 17.2 Å². The quantitative estimate of drug-likeness (QED) is 0.767. The van der Waals surface area contributed by atoms with Crippen molar-refractivity contribution < 1.29 is 9.53 Å². The average molecular weight is 351 g/mol. The fourth-order valence-electron chi connectivity index (χ4n) is 2.80. The van der Waals surface area contributed by atoms with Crippen LogP contribution in [0.1, 0.15) is 23.2 Å². The molecule has 1 N–H and O–H groups in total. The van der Waals surface area contributed by atoms with E-state index >= 15 is 0 Å². The van der Waals surface area contributed by atoms with E-state index in [1.807, 2.05) is 37.3 Å². The van der Waals surface area contributed by atoms with Gasteiger partial charge in [0.2, 0.25) is 5.91 Å². The number of carbonyl (C=O) groups is 1. The Morgan fingerprint density at radius 3 is 2.62 bits per heavy atom. The minimum atomic E-state index is -0.269. The molecule has 0 saturated heterocycles. The van der Waals surface area contributed by atoms with Gasteiger partial charge in [0.15, 0.2) is 0 Å². The number of benzene rings is 1. The van der Waals surface area contributed by atoms with Gasteiger partial charge in [0.1, 0.15) is 17.1 Å². The van der Waals surface area contributed by atoms with E-state index < -0.39 is 0 Å². The van der Waals surface area contributed by atoms with Crippen LogP contribution in [0.2, 0.25) is 0 Å². The number of anilines is 1. The summed E-state index contributed by atoms with van der Waals surface area (Å²) < 4.78 is 6.58. The van der Waals surface area contributed by atoms with E-state index in [9.17, 15) is 9.59 Å². The number of ether oxygens (including phenoxy) is 1. The van der Waals surface area contributed by atoms with E-state index in [1.165, 1.54) is 4.40 Å². The van der Waals surface area contributed by atoms with Gasteiger partial charge in [-0.1, -0.05) is 18.2 Å². The van der Waals surface area contributed by atoms with Crippen molar-refractivity contribution in [3.05, 3.63) is 69.8 Å².